The van der Waals surface area contributed by atoms with Gasteiger partial charge in [-0.2, -0.15) is 0 Å². The van der Waals surface area contributed by atoms with E-state index in [2.05, 4.69) is 4.98 Å². The van der Waals surface area contributed by atoms with Crippen LogP contribution in [0.25, 0.3) is 10.9 Å². The fraction of sp³-hybridized carbons (Fsp3) is 0.412. The average Bonchev–Trinajstić information content (AvgIpc) is 2.54. The summed E-state index contributed by atoms with van der Waals surface area (Å²) in [6, 6.07) is 7.82. The first-order valence-corrected chi connectivity index (χ1v) is 7.61. The van der Waals surface area contributed by atoms with Gasteiger partial charge in [0.25, 0.3) is 5.56 Å². The molecule has 1 N–H and O–H groups in total. The van der Waals surface area contributed by atoms with Gasteiger partial charge < -0.3 is 14.6 Å². The van der Waals surface area contributed by atoms with Crippen molar-refractivity contribution in [3.05, 3.63) is 45.7 Å². The molecule has 0 radical (unpaired) electrons. The van der Waals surface area contributed by atoms with Gasteiger partial charge in [-0.3, -0.25) is 9.59 Å². The molecule has 1 amide bonds. The first-order valence-electron chi connectivity index (χ1n) is 7.61. The van der Waals surface area contributed by atoms with E-state index >= 15 is 0 Å². The van der Waals surface area contributed by atoms with Crippen LogP contribution < -0.4 is 5.56 Å². The monoisotopic (exact) mass is 300 g/mol. The molecule has 3 rings (SSSR count). The number of fused-ring (bicyclic) bond motifs is 1. The Balaban J connectivity index is 1.70. The van der Waals surface area contributed by atoms with E-state index in [1.165, 1.54) is 0 Å². The van der Waals surface area contributed by atoms with Gasteiger partial charge in [0, 0.05) is 30.6 Å². The molecule has 0 aliphatic carbocycles. The average molecular weight is 300 g/mol. The van der Waals surface area contributed by atoms with Gasteiger partial charge in [-0.15, -0.1) is 0 Å². The Morgan fingerprint density at radius 3 is 2.82 bits per heavy atom. The Bertz CT molecular complexity index is 745. The van der Waals surface area contributed by atoms with Crippen LogP contribution in [0.2, 0.25) is 0 Å². The Morgan fingerprint density at radius 2 is 2.05 bits per heavy atom. The zero-order chi connectivity index (χ0) is 15.5. The fourth-order valence-electron chi connectivity index (χ4n) is 2.74. The maximum Gasteiger partial charge on any atom is 0.251 e. The van der Waals surface area contributed by atoms with Gasteiger partial charge in [0.2, 0.25) is 5.91 Å². The molecule has 0 bridgehead atoms. The largest absolute Gasteiger partial charge is 0.378 e. The molecule has 5 heteroatoms. The molecule has 0 atom stereocenters. The Morgan fingerprint density at radius 1 is 1.27 bits per heavy atom. The van der Waals surface area contributed by atoms with Crippen molar-refractivity contribution < 1.29 is 9.53 Å². The lowest BCUT2D eigenvalue weighted by atomic mass is 10.1. The second kappa shape index (κ2) is 6.32. The number of nitrogens with zero attached hydrogens (tertiary/aromatic N) is 1. The van der Waals surface area contributed by atoms with Crippen molar-refractivity contribution in [2.24, 2.45) is 0 Å². The van der Waals surface area contributed by atoms with Crippen LogP contribution in [0.1, 0.15) is 17.5 Å². The van der Waals surface area contributed by atoms with Gasteiger partial charge in [-0.05, 0) is 42.5 Å². The van der Waals surface area contributed by atoms with Gasteiger partial charge in [0.1, 0.15) is 0 Å². The number of H-pyrrole nitrogens is 1. The van der Waals surface area contributed by atoms with E-state index in [-0.39, 0.29) is 11.5 Å². The molecule has 1 saturated heterocycles. The van der Waals surface area contributed by atoms with Crippen LogP contribution in [0.4, 0.5) is 0 Å². The van der Waals surface area contributed by atoms with Crippen molar-refractivity contribution in [1.82, 2.24) is 9.88 Å². The van der Waals surface area contributed by atoms with E-state index in [9.17, 15) is 9.59 Å². The van der Waals surface area contributed by atoms with Crippen LogP contribution in [0.5, 0.6) is 0 Å². The molecule has 1 aromatic carbocycles. The topological polar surface area (TPSA) is 62.4 Å². The molecule has 2 aromatic rings. The minimum Gasteiger partial charge on any atom is -0.378 e. The Kier molecular flexibility index (Phi) is 4.24. The number of nitrogens with one attached hydrogen (secondary N) is 1. The second-order valence-electron chi connectivity index (χ2n) is 5.70. The molecule has 116 valence electrons. The zero-order valence-electron chi connectivity index (χ0n) is 12.7. The first kappa shape index (κ1) is 14.8. The van der Waals surface area contributed by atoms with E-state index in [1.807, 2.05) is 29.2 Å². The third kappa shape index (κ3) is 3.20. The number of hydrogen-bond acceptors (Lipinski definition) is 3. The number of aromatic amines is 1. The number of pyridine rings is 1. The highest BCUT2D eigenvalue weighted by atomic mass is 16.5. The predicted molar refractivity (Wildman–Crippen MR) is 85.0 cm³/mol. The Hall–Kier alpha value is -2.14. The molecule has 1 fully saturated rings. The van der Waals surface area contributed by atoms with Crippen molar-refractivity contribution >= 4 is 16.8 Å². The van der Waals surface area contributed by atoms with E-state index in [0.29, 0.717) is 44.7 Å². The van der Waals surface area contributed by atoms with Crippen molar-refractivity contribution in [1.29, 1.82) is 0 Å². The standard InChI is InChI=1S/C17H20N2O3/c1-12-10-14-11-13(2-4-15(14)18-17(12)21)3-5-16(20)19-6-8-22-9-7-19/h2,4,10-11H,3,5-9H2,1H3,(H,18,21). The summed E-state index contributed by atoms with van der Waals surface area (Å²) in [5.41, 5.74) is 2.59. The molecule has 22 heavy (non-hydrogen) atoms. The van der Waals surface area contributed by atoms with Gasteiger partial charge in [0.15, 0.2) is 0 Å². The lowest BCUT2D eigenvalue weighted by Gasteiger charge is -2.26. The quantitative estimate of drug-likeness (QED) is 0.937. The second-order valence-corrected chi connectivity index (χ2v) is 5.70. The number of amides is 1. The van der Waals surface area contributed by atoms with Crippen LogP contribution in [-0.2, 0) is 16.0 Å². The van der Waals surface area contributed by atoms with Crippen LogP contribution >= 0.6 is 0 Å². The molecule has 5 nitrogen and oxygen atoms in total. The van der Waals surface area contributed by atoms with Crippen LogP contribution in [0.3, 0.4) is 0 Å². The summed E-state index contributed by atoms with van der Waals surface area (Å²) in [7, 11) is 0. The van der Waals surface area contributed by atoms with Crippen LogP contribution in [0.15, 0.2) is 29.1 Å². The molecule has 1 aliphatic heterocycles. The molecule has 0 unspecified atom stereocenters. The summed E-state index contributed by atoms with van der Waals surface area (Å²) in [6.45, 7) is 4.45. The fourth-order valence-corrected chi connectivity index (χ4v) is 2.74. The lowest BCUT2D eigenvalue weighted by Crippen LogP contribution is -2.40. The molecule has 1 aromatic heterocycles. The zero-order valence-corrected chi connectivity index (χ0v) is 12.7. The van der Waals surface area contributed by atoms with Crippen LogP contribution in [0, 0.1) is 6.92 Å². The van der Waals surface area contributed by atoms with E-state index < -0.39 is 0 Å². The predicted octanol–water partition coefficient (Wildman–Crippen LogP) is 1.63. The van der Waals surface area contributed by atoms with Crippen LogP contribution in [-0.4, -0.2) is 42.1 Å². The minimum absolute atomic E-state index is 0.0530. The smallest absolute Gasteiger partial charge is 0.251 e. The number of benzene rings is 1. The third-order valence-electron chi connectivity index (χ3n) is 4.09. The number of hydrogen-bond donors (Lipinski definition) is 1. The summed E-state index contributed by atoms with van der Waals surface area (Å²) in [6.07, 6.45) is 1.22. The van der Waals surface area contributed by atoms with E-state index in [4.69, 9.17) is 4.74 Å². The summed E-state index contributed by atoms with van der Waals surface area (Å²) in [5.74, 6) is 0.182. The van der Waals surface area contributed by atoms with Crippen molar-refractivity contribution in [2.45, 2.75) is 19.8 Å². The highest BCUT2D eigenvalue weighted by molar-refractivity contribution is 5.80. The lowest BCUT2D eigenvalue weighted by molar-refractivity contribution is -0.135. The number of carbonyl (C=O) groups excluding carboxylic acids is 1. The molecule has 0 spiro atoms. The summed E-state index contributed by atoms with van der Waals surface area (Å²) in [4.78, 5) is 28.5. The normalized spacial score (nSPS) is 15.2. The maximum absolute atomic E-state index is 12.2. The maximum atomic E-state index is 12.2. The summed E-state index contributed by atoms with van der Waals surface area (Å²) < 4.78 is 5.26. The number of rotatable bonds is 3. The number of aryl methyl sites for hydroxylation is 2. The van der Waals surface area contributed by atoms with Gasteiger partial charge in [0.05, 0.1) is 13.2 Å². The van der Waals surface area contributed by atoms with E-state index in [0.717, 1.165) is 16.5 Å². The molecule has 0 saturated carbocycles. The van der Waals surface area contributed by atoms with Crippen molar-refractivity contribution in [2.75, 3.05) is 26.3 Å². The first-order chi connectivity index (χ1) is 10.6. The molecular weight excluding hydrogens is 280 g/mol. The minimum atomic E-state index is -0.0530. The number of ether oxygens (including phenoxy) is 1. The third-order valence-corrected chi connectivity index (χ3v) is 4.09. The number of carbonyl (C=O) groups is 1. The highest BCUT2D eigenvalue weighted by Gasteiger charge is 2.16. The SMILES string of the molecule is Cc1cc2cc(CCC(=O)N3CCOCC3)ccc2[nH]c1=O. The molecule has 2 heterocycles. The molecule has 1 aliphatic rings. The van der Waals surface area contributed by atoms with Crippen molar-refractivity contribution in [3.63, 3.8) is 0 Å². The van der Waals surface area contributed by atoms with Gasteiger partial charge in [-0.1, -0.05) is 6.07 Å². The Labute approximate surface area is 128 Å². The van der Waals surface area contributed by atoms with Gasteiger partial charge >= 0.3 is 0 Å². The van der Waals surface area contributed by atoms with Gasteiger partial charge in [-0.25, -0.2) is 0 Å². The molecular formula is C17H20N2O3. The summed E-state index contributed by atoms with van der Waals surface area (Å²) >= 11 is 0. The van der Waals surface area contributed by atoms with E-state index in [1.54, 1.807) is 6.92 Å². The van der Waals surface area contributed by atoms with Crippen molar-refractivity contribution in [3.8, 4) is 0 Å². The number of morpholine rings is 1. The number of aromatic nitrogens is 1. The summed E-state index contributed by atoms with van der Waals surface area (Å²) in [5, 5.41) is 1.01. The highest BCUT2D eigenvalue weighted by Crippen LogP contribution is 2.15.